The second-order valence-corrected chi connectivity index (χ2v) is 6.97. The smallest absolute Gasteiger partial charge is 0.283 e. The molecule has 4 rings (SSSR count). The van der Waals surface area contributed by atoms with Gasteiger partial charge in [-0.1, -0.05) is 54.2 Å². The fourth-order valence-electron chi connectivity index (χ4n) is 2.56. The number of hydrazine groups is 1. The average Bonchev–Trinajstić information content (AvgIpc) is 3.25. The molecule has 2 aromatic carbocycles. The maximum absolute atomic E-state index is 12.2. The summed E-state index contributed by atoms with van der Waals surface area (Å²) in [5.74, 6) is 0.834. The Kier molecular flexibility index (Phi) is 5.61. The highest BCUT2D eigenvalue weighted by Gasteiger charge is 2.27. The summed E-state index contributed by atoms with van der Waals surface area (Å²) in [5, 5.41) is 7.35. The molecule has 0 radical (unpaired) electrons. The normalized spacial score (nSPS) is 14.8. The van der Waals surface area contributed by atoms with Crippen molar-refractivity contribution in [3.63, 3.8) is 0 Å². The van der Waals surface area contributed by atoms with Gasteiger partial charge in [0.2, 0.25) is 17.2 Å². The number of hydrogen-bond acceptors (Lipinski definition) is 7. The van der Waals surface area contributed by atoms with E-state index in [0.717, 1.165) is 17.3 Å². The molecular formula is C19H17N5O4S. The molecule has 1 aliphatic heterocycles. The molecule has 0 saturated heterocycles. The fraction of sp³-hybridized carbons (Fsp3) is 0.158. The van der Waals surface area contributed by atoms with Gasteiger partial charge in [0.15, 0.2) is 17.3 Å². The quantitative estimate of drug-likeness (QED) is 0.431. The van der Waals surface area contributed by atoms with E-state index in [2.05, 4.69) is 26.0 Å². The minimum atomic E-state index is -0.848. The molecule has 0 aliphatic carbocycles. The van der Waals surface area contributed by atoms with Crippen molar-refractivity contribution in [2.24, 2.45) is 0 Å². The van der Waals surface area contributed by atoms with Crippen LogP contribution in [0.3, 0.4) is 0 Å². The van der Waals surface area contributed by atoms with E-state index >= 15 is 0 Å². The topological polar surface area (TPSA) is 118 Å². The van der Waals surface area contributed by atoms with Crippen LogP contribution in [0.1, 0.15) is 0 Å². The number of nitrogens with zero attached hydrogens (tertiary/aromatic N) is 2. The first-order valence-electron chi connectivity index (χ1n) is 8.77. The van der Waals surface area contributed by atoms with E-state index in [1.807, 2.05) is 36.4 Å². The lowest BCUT2D eigenvalue weighted by Gasteiger charge is -2.25. The number of ether oxygens (including phenoxy) is 2. The van der Waals surface area contributed by atoms with Crippen molar-refractivity contribution in [1.29, 1.82) is 0 Å². The van der Waals surface area contributed by atoms with Gasteiger partial charge in [-0.3, -0.25) is 25.5 Å². The fourth-order valence-corrected chi connectivity index (χ4v) is 3.16. The Morgan fingerprint density at radius 3 is 2.66 bits per heavy atom. The predicted molar refractivity (Wildman–Crippen MR) is 105 cm³/mol. The SMILES string of the molecule is O=C(CSc1n[nH]c(-c2ccccc2)n1)NNC(=O)[C@H]1COc2ccccc2O1. The summed E-state index contributed by atoms with van der Waals surface area (Å²) < 4.78 is 11.1. The molecule has 3 N–H and O–H groups in total. The van der Waals surface area contributed by atoms with Crippen LogP contribution in [0.2, 0.25) is 0 Å². The Balaban J connectivity index is 1.23. The third-order valence-electron chi connectivity index (χ3n) is 3.97. The summed E-state index contributed by atoms with van der Waals surface area (Å²) in [5.41, 5.74) is 5.60. The molecule has 29 heavy (non-hydrogen) atoms. The van der Waals surface area contributed by atoms with Crippen molar-refractivity contribution in [2.45, 2.75) is 11.3 Å². The van der Waals surface area contributed by atoms with Crippen molar-refractivity contribution < 1.29 is 19.1 Å². The van der Waals surface area contributed by atoms with Crippen molar-refractivity contribution in [1.82, 2.24) is 26.0 Å². The molecule has 1 aliphatic rings. The Bertz CT molecular complexity index is 1010. The molecule has 148 valence electrons. The van der Waals surface area contributed by atoms with Crippen LogP contribution in [0, 0.1) is 0 Å². The summed E-state index contributed by atoms with van der Waals surface area (Å²) in [6.45, 7) is 0.0624. The van der Waals surface area contributed by atoms with E-state index in [4.69, 9.17) is 9.47 Å². The maximum atomic E-state index is 12.2. The summed E-state index contributed by atoms with van der Waals surface area (Å²) in [6.07, 6.45) is -0.848. The van der Waals surface area contributed by atoms with E-state index in [1.54, 1.807) is 18.2 Å². The monoisotopic (exact) mass is 411 g/mol. The van der Waals surface area contributed by atoms with Gasteiger partial charge >= 0.3 is 0 Å². The molecule has 0 spiro atoms. The first kappa shape index (κ1) is 18.8. The molecular weight excluding hydrogens is 394 g/mol. The Morgan fingerprint density at radius 2 is 1.83 bits per heavy atom. The average molecular weight is 411 g/mol. The zero-order valence-electron chi connectivity index (χ0n) is 15.1. The molecule has 1 aromatic heterocycles. The number of nitrogens with one attached hydrogen (secondary N) is 3. The second kappa shape index (κ2) is 8.65. The van der Waals surface area contributed by atoms with Gasteiger partial charge in [0, 0.05) is 5.56 Å². The zero-order chi connectivity index (χ0) is 20.1. The molecule has 0 bridgehead atoms. The first-order chi connectivity index (χ1) is 14.2. The number of H-pyrrole nitrogens is 1. The maximum Gasteiger partial charge on any atom is 0.283 e. The van der Waals surface area contributed by atoms with E-state index in [-0.39, 0.29) is 12.4 Å². The molecule has 3 aromatic rings. The number of carbonyl (C=O) groups excluding carboxylic acids is 2. The number of para-hydroxylation sites is 2. The molecule has 9 nitrogen and oxygen atoms in total. The number of aromatic nitrogens is 3. The van der Waals surface area contributed by atoms with Crippen molar-refractivity contribution in [2.75, 3.05) is 12.4 Å². The van der Waals surface area contributed by atoms with Gasteiger partial charge < -0.3 is 9.47 Å². The number of fused-ring (bicyclic) bond motifs is 1. The Labute approximate surface area is 170 Å². The molecule has 0 unspecified atom stereocenters. The standard InChI is InChI=1S/C19H17N5O4S/c25-16(11-29-19-20-17(22-24-19)12-6-2-1-3-7-12)21-23-18(26)15-10-27-13-8-4-5-9-14(13)28-15/h1-9,15H,10-11H2,(H,21,25)(H,23,26)(H,20,22,24)/t15-/m1/s1. The van der Waals surface area contributed by atoms with Crippen LogP contribution in [0.25, 0.3) is 11.4 Å². The minimum Gasteiger partial charge on any atom is -0.485 e. The van der Waals surface area contributed by atoms with Gasteiger partial charge in [-0.25, -0.2) is 4.98 Å². The van der Waals surface area contributed by atoms with Gasteiger partial charge in [-0.05, 0) is 12.1 Å². The number of rotatable bonds is 5. The number of amides is 2. The highest BCUT2D eigenvalue weighted by Crippen LogP contribution is 2.30. The first-order valence-corrected chi connectivity index (χ1v) is 9.75. The van der Waals surface area contributed by atoms with Crippen molar-refractivity contribution in [3.8, 4) is 22.9 Å². The summed E-state index contributed by atoms with van der Waals surface area (Å²) in [4.78, 5) is 28.5. The van der Waals surface area contributed by atoms with E-state index in [1.165, 1.54) is 0 Å². The highest BCUT2D eigenvalue weighted by molar-refractivity contribution is 7.99. The molecule has 1 atom stereocenters. The highest BCUT2D eigenvalue weighted by atomic mass is 32.2. The number of benzene rings is 2. The van der Waals surface area contributed by atoms with E-state index in [9.17, 15) is 9.59 Å². The van der Waals surface area contributed by atoms with E-state index in [0.29, 0.717) is 22.5 Å². The van der Waals surface area contributed by atoms with Gasteiger partial charge in [0.05, 0.1) is 5.75 Å². The van der Waals surface area contributed by atoms with Gasteiger partial charge in [-0.15, -0.1) is 5.10 Å². The summed E-state index contributed by atoms with van der Waals surface area (Å²) >= 11 is 1.15. The Hall–Kier alpha value is -3.53. The van der Waals surface area contributed by atoms with Crippen LogP contribution in [0.5, 0.6) is 11.5 Å². The lowest BCUT2D eigenvalue weighted by Crippen LogP contribution is -2.51. The van der Waals surface area contributed by atoms with Crippen LogP contribution in [0.4, 0.5) is 0 Å². The lowest BCUT2D eigenvalue weighted by molar-refractivity contribution is -0.134. The molecule has 2 amide bonds. The molecule has 2 heterocycles. The van der Waals surface area contributed by atoms with Gasteiger partial charge in [-0.2, -0.15) is 0 Å². The van der Waals surface area contributed by atoms with Crippen LogP contribution in [-0.4, -0.2) is 45.5 Å². The number of thioether (sulfide) groups is 1. The number of hydrogen-bond donors (Lipinski definition) is 3. The second-order valence-electron chi connectivity index (χ2n) is 6.02. The number of carbonyl (C=O) groups is 2. The van der Waals surface area contributed by atoms with Crippen LogP contribution < -0.4 is 20.3 Å². The molecule has 0 fully saturated rings. The van der Waals surface area contributed by atoms with Gasteiger partial charge in [0.25, 0.3) is 5.91 Å². The minimum absolute atomic E-state index is 0.0389. The van der Waals surface area contributed by atoms with Crippen LogP contribution in [-0.2, 0) is 9.59 Å². The Morgan fingerprint density at radius 1 is 1.07 bits per heavy atom. The third kappa shape index (κ3) is 4.66. The van der Waals surface area contributed by atoms with Gasteiger partial charge in [0.1, 0.15) is 6.61 Å². The van der Waals surface area contributed by atoms with Crippen LogP contribution in [0.15, 0.2) is 59.8 Å². The predicted octanol–water partition coefficient (Wildman–Crippen LogP) is 1.55. The van der Waals surface area contributed by atoms with Crippen molar-refractivity contribution >= 4 is 23.6 Å². The third-order valence-corrected chi connectivity index (χ3v) is 4.82. The lowest BCUT2D eigenvalue weighted by atomic mass is 10.2. The largest absolute Gasteiger partial charge is 0.485 e. The van der Waals surface area contributed by atoms with Crippen LogP contribution >= 0.6 is 11.8 Å². The molecule has 0 saturated carbocycles. The summed E-state index contributed by atoms with van der Waals surface area (Å²) in [7, 11) is 0. The van der Waals surface area contributed by atoms with E-state index < -0.39 is 17.9 Å². The zero-order valence-corrected chi connectivity index (χ0v) is 15.9. The number of aromatic amines is 1. The summed E-state index contributed by atoms with van der Waals surface area (Å²) in [6, 6.07) is 16.6. The van der Waals surface area contributed by atoms with Crippen molar-refractivity contribution in [3.05, 3.63) is 54.6 Å². The molecule has 10 heteroatoms.